The van der Waals surface area contributed by atoms with Gasteiger partial charge in [0.2, 0.25) is 0 Å². The van der Waals surface area contributed by atoms with Crippen molar-refractivity contribution in [2.45, 2.75) is 12.3 Å². The fraction of sp³-hybridized carbons (Fsp3) is 0.176. The third-order valence-corrected chi connectivity index (χ3v) is 3.67. The zero-order valence-corrected chi connectivity index (χ0v) is 10.8. The highest BCUT2D eigenvalue weighted by molar-refractivity contribution is 5.83. The predicted molar refractivity (Wildman–Crippen MR) is 80.2 cm³/mol. The van der Waals surface area contributed by atoms with Gasteiger partial charge in [-0.3, -0.25) is 0 Å². The predicted octanol–water partition coefficient (Wildman–Crippen LogP) is 3.45. The van der Waals surface area contributed by atoms with Crippen LogP contribution in [-0.4, -0.2) is 11.5 Å². The molecule has 0 fully saturated rings. The number of hydrogen-bond donors (Lipinski definition) is 2. The van der Waals surface area contributed by atoms with Crippen molar-refractivity contribution in [1.82, 2.24) is 4.98 Å². The number of benzene rings is 2. The van der Waals surface area contributed by atoms with Gasteiger partial charge in [-0.1, -0.05) is 48.5 Å². The first-order chi connectivity index (χ1) is 9.38. The van der Waals surface area contributed by atoms with Gasteiger partial charge in [-0.05, 0) is 30.2 Å². The molecule has 3 rings (SSSR count). The van der Waals surface area contributed by atoms with Crippen LogP contribution in [0.5, 0.6) is 0 Å². The second-order valence-electron chi connectivity index (χ2n) is 4.91. The average molecular weight is 250 g/mol. The molecule has 1 atom stereocenters. The molecule has 0 aliphatic carbocycles. The van der Waals surface area contributed by atoms with Crippen molar-refractivity contribution < 1.29 is 0 Å². The van der Waals surface area contributed by atoms with Crippen molar-refractivity contribution in [2.75, 3.05) is 6.54 Å². The van der Waals surface area contributed by atoms with E-state index in [1.807, 2.05) is 6.07 Å². The van der Waals surface area contributed by atoms with Crippen molar-refractivity contribution in [1.29, 1.82) is 0 Å². The van der Waals surface area contributed by atoms with Crippen LogP contribution in [0.4, 0.5) is 0 Å². The molecule has 0 radical (unpaired) electrons. The molecule has 3 aromatic rings. The number of rotatable bonds is 4. The maximum absolute atomic E-state index is 5.99. The van der Waals surface area contributed by atoms with Crippen molar-refractivity contribution in [3.8, 4) is 0 Å². The zero-order valence-electron chi connectivity index (χ0n) is 10.8. The molecule has 2 heteroatoms. The van der Waals surface area contributed by atoms with E-state index in [0.717, 1.165) is 6.42 Å². The summed E-state index contributed by atoms with van der Waals surface area (Å²) in [4.78, 5) is 3.33. The van der Waals surface area contributed by atoms with E-state index in [4.69, 9.17) is 5.73 Å². The van der Waals surface area contributed by atoms with E-state index in [1.54, 1.807) is 0 Å². The van der Waals surface area contributed by atoms with Crippen LogP contribution in [0.15, 0.2) is 60.8 Å². The normalized spacial score (nSPS) is 12.7. The number of nitrogens with two attached hydrogens (primary N) is 1. The van der Waals surface area contributed by atoms with Crippen molar-refractivity contribution in [3.63, 3.8) is 0 Å². The first kappa shape index (κ1) is 12.0. The molecule has 19 heavy (non-hydrogen) atoms. The van der Waals surface area contributed by atoms with E-state index in [0.29, 0.717) is 12.5 Å². The lowest BCUT2D eigenvalue weighted by Crippen LogP contribution is -2.14. The van der Waals surface area contributed by atoms with Gasteiger partial charge in [0.25, 0.3) is 0 Å². The van der Waals surface area contributed by atoms with E-state index in [2.05, 4.69) is 59.7 Å². The molecule has 3 N–H and O–H groups in total. The third-order valence-electron chi connectivity index (χ3n) is 3.67. The van der Waals surface area contributed by atoms with Crippen LogP contribution in [0.3, 0.4) is 0 Å². The van der Waals surface area contributed by atoms with Gasteiger partial charge < -0.3 is 10.7 Å². The quantitative estimate of drug-likeness (QED) is 0.731. The minimum absolute atomic E-state index is 0.360. The van der Waals surface area contributed by atoms with E-state index in [1.165, 1.54) is 22.0 Å². The molecule has 2 nitrogen and oxygen atoms in total. The average Bonchev–Trinajstić information content (AvgIpc) is 2.90. The van der Waals surface area contributed by atoms with Crippen LogP contribution < -0.4 is 5.73 Å². The molecule has 1 aromatic heterocycles. The fourth-order valence-electron chi connectivity index (χ4n) is 2.65. The molecule has 96 valence electrons. The zero-order chi connectivity index (χ0) is 13.1. The summed E-state index contributed by atoms with van der Waals surface area (Å²) < 4.78 is 0. The van der Waals surface area contributed by atoms with Gasteiger partial charge in [-0.15, -0.1) is 0 Å². The second-order valence-corrected chi connectivity index (χ2v) is 4.91. The molecule has 2 aromatic carbocycles. The minimum Gasteiger partial charge on any atom is -0.361 e. The van der Waals surface area contributed by atoms with Gasteiger partial charge in [0.15, 0.2) is 0 Å². The van der Waals surface area contributed by atoms with E-state index in [-0.39, 0.29) is 0 Å². The van der Waals surface area contributed by atoms with Gasteiger partial charge in [0, 0.05) is 23.0 Å². The molecule has 0 spiro atoms. The van der Waals surface area contributed by atoms with Crippen molar-refractivity contribution >= 4 is 10.9 Å². The van der Waals surface area contributed by atoms with Gasteiger partial charge in [0.05, 0.1) is 0 Å². The Morgan fingerprint density at radius 3 is 2.47 bits per heavy atom. The molecule has 0 amide bonds. The highest BCUT2D eigenvalue weighted by Gasteiger charge is 2.14. The SMILES string of the molecule is NCC(Cc1ccccc1)c1c[nH]c2ccccc12. The first-order valence-electron chi connectivity index (χ1n) is 6.68. The van der Waals surface area contributed by atoms with E-state index >= 15 is 0 Å². The number of aromatic amines is 1. The third kappa shape index (κ3) is 2.40. The Kier molecular flexibility index (Phi) is 3.34. The van der Waals surface area contributed by atoms with Crippen LogP contribution in [0.25, 0.3) is 10.9 Å². The number of nitrogens with one attached hydrogen (secondary N) is 1. The number of aromatic nitrogens is 1. The summed E-state index contributed by atoms with van der Waals surface area (Å²) in [6.45, 7) is 0.663. The summed E-state index contributed by atoms with van der Waals surface area (Å²) in [5.74, 6) is 0.360. The molecule has 0 bridgehead atoms. The summed E-state index contributed by atoms with van der Waals surface area (Å²) >= 11 is 0. The lowest BCUT2D eigenvalue weighted by atomic mass is 9.92. The number of para-hydroxylation sites is 1. The van der Waals surface area contributed by atoms with Crippen LogP contribution in [-0.2, 0) is 6.42 Å². The summed E-state index contributed by atoms with van der Waals surface area (Å²) in [5.41, 5.74) is 9.83. The standard InChI is InChI=1S/C17H18N2/c18-11-14(10-13-6-2-1-3-7-13)16-12-19-17-9-5-4-8-15(16)17/h1-9,12,14,19H,10-11,18H2. The van der Waals surface area contributed by atoms with Gasteiger partial charge in [-0.2, -0.15) is 0 Å². The molecule has 1 unspecified atom stereocenters. The topological polar surface area (TPSA) is 41.8 Å². The van der Waals surface area contributed by atoms with Gasteiger partial charge >= 0.3 is 0 Å². The fourth-order valence-corrected chi connectivity index (χ4v) is 2.65. The van der Waals surface area contributed by atoms with Crippen molar-refractivity contribution in [3.05, 3.63) is 71.9 Å². The number of fused-ring (bicyclic) bond motifs is 1. The molecular weight excluding hydrogens is 232 g/mol. The van der Waals surface area contributed by atoms with Crippen LogP contribution >= 0.6 is 0 Å². The smallest absolute Gasteiger partial charge is 0.0456 e. The van der Waals surface area contributed by atoms with Crippen LogP contribution in [0, 0.1) is 0 Å². The Bertz CT molecular complexity index is 655. The van der Waals surface area contributed by atoms with Crippen LogP contribution in [0.1, 0.15) is 17.0 Å². The lowest BCUT2D eigenvalue weighted by Gasteiger charge is -2.14. The van der Waals surface area contributed by atoms with Crippen molar-refractivity contribution in [2.24, 2.45) is 5.73 Å². The summed E-state index contributed by atoms with van der Waals surface area (Å²) in [6.07, 6.45) is 3.09. The minimum atomic E-state index is 0.360. The molecule has 0 saturated carbocycles. The summed E-state index contributed by atoms with van der Waals surface area (Å²) in [6, 6.07) is 18.9. The molecule has 1 heterocycles. The largest absolute Gasteiger partial charge is 0.361 e. The maximum atomic E-state index is 5.99. The molecular formula is C17H18N2. The highest BCUT2D eigenvalue weighted by atomic mass is 14.7. The molecule has 0 saturated heterocycles. The van der Waals surface area contributed by atoms with E-state index < -0.39 is 0 Å². The second kappa shape index (κ2) is 5.29. The Hall–Kier alpha value is -2.06. The van der Waals surface area contributed by atoms with Gasteiger partial charge in [0.1, 0.15) is 0 Å². The Morgan fingerprint density at radius 1 is 0.947 bits per heavy atom. The molecule has 0 aliphatic rings. The van der Waals surface area contributed by atoms with Crippen LogP contribution in [0.2, 0.25) is 0 Å². The lowest BCUT2D eigenvalue weighted by molar-refractivity contribution is 0.699. The Labute approximate surface area is 113 Å². The summed E-state index contributed by atoms with van der Waals surface area (Å²) in [5, 5.41) is 1.29. The highest BCUT2D eigenvalue weighted by Crippen LogP contribution is 2.27. The Morgan fingerprint density at radius 2 is 1.68 bits per heavy atom. The maximum Gasteiger partial charge on any atom is 0.0456 e. The number of H-pyrrole nitrogens is 1. The first-order valence-corrected chi connectivity index (χ1v) is 6.68. The molecule has 0 aliphatic heterocycles. The van der Waals surface area contributed by atoms with E-state index in [9.17, 15) is 0 Å². The Balaban J connectivity index is 1.94. The monoisotopic (exact) mass is 250 g/mol. The number of hydrogen-bond acceptors (Lipinski definition) is 1. The summed E-state index contributed by atoms with van der Waals surface area (Å²) in [7, 11) is 0. The van der Waals surface area contributed by atoms with Gasteiger partial charge in [-0.25, -0.2) is 0 Å².